The van der Waals surface area contributed by atoms with E-state index in [1.165, 1.54) is 12.1 Å². The van der Waals surface area contributed by atoms with Gasteiger partial charge in [0.25, 0.3) is 11.8 Å². The molecule has 166 valence electrons. The topological polar surface area (TPSA) is 49.4 Å². The van der Waals surface area contributed by atoms with Crippen LogP contribution in [-0.4, -0.2) is 24.9 Å². The summed E-state index contributed by atoms with van der Waals surface area (Å²) in [6.45, 7) is 2.41. The molecular weight excluding hydrogens is 417 g/mol. The molecule has 0 aromatic heterocycles. The third-order valence-electron chi connectivity index (χ3n) is 4.98. The lowest BCUT2D eigenvalue weighted by Gasteiger charge is -2.24. The predicted molar refractivity (Wildman–Crippen MR) is 118 cm³/mol. The number of carbonyl (C=O) groups is 2. The van der Waals surface area contributed by atoms with Crippen LogP contribution >= 0.6 is 0 Å². The number of hydrogen-bond acceptors (Lipinski definition) is 2. The lowest BCUT2D eigenvalue weighted by molar-refractivity contribution is -0.137. The standard InChI is InChI=1S/C25H23F3N2O2/c1-18-9-5-6-14-22(18)24(32)30(21-12-3-2-4-13-21)16-8-15-29-23(31)19-10-7-11-20(17-19)25(26,27)28/h2-7,9-14,17H,8,15-16H2,1H3,(H,29,31). The quantitative estimate of drug-likeness (QED) is 0.495. The minimum Gasteiger partial charge on any atom is -0.352 e. The summed E-state index contributed by atoms with van der Waals surface area (Å²) in [5, 5.41) is 2.63. The van der Waals surface area contributed by atoms with Gasteiger partial charge in [-0.25, -0.2) is 0 Å². The van der Waals surface area contributed by atoms with Crippen molar-refractivity contribution in [2.24, 2.45) is 0 Å². The molecule has 0 atom stereocenters. The van der Waals surface area contributed by atoms with E-state index in [4.69, 9.17) is 0 Å². The van der Waals surface area contributed by atoms with Crippen LogP contribution in [0.15, 0.2) is 78.9 Å². The number of alkyl halides is 3. The number of halogens is 3. The van der Waals surface area contributed by atoms with E-state index in [0.717, 1.165) is 23.4 Å². The molecule has 0 radical (unpaired) electrons. The highest BCUT2D eigenvalue weighted by Crippen LogP contribution is 2.29. The second-order valence-corrected chi connectivity index (χ2v) is 7.30. The fourth-order valence-electron chi connectivity index (χ4n) is 3.29. The molecule has 4 nitrogen and oxygen atoms in total. The average Bonchev–Trinajstić information content (AvgIpc) is 2.79. The first-order valence-corrected chi connectivity index (χ1v) is 10.2. The van der Waals surface area contributed by atoms with Crippen LogP contribution in [0.2, 0.25) is 0 Å². The lowest BCUT2D eigenvalue weighted by Crippen LogP contribution is -2.35. The van der Waals surface area contributed by atoms with Crippen molar-refractivity contribution in [3.63, 3.8) is 0 Å². The van der Waals surface area contributed by atoms with Crippen molar-refractivity contribution >= 4 is 17.5 Å². The zero-order chi connectivity index (χ0) is 23.1. The zero-order valence-electron chi connectivity index (χ0n) is 17.5. The van der Waals surface area contributed by atoms with Crippen LogP contribution in [0.4, 0.5) is 18.9 Å². The molecule has 0 aliphatic heterocycles. The summed E-state index contributed by atoms with van der Waals surface area (Å²) in [6.07, 6.45) is -4.08. The molecule has 0 aliphatic rings. The first-order chi connectivity index (χ1) is 15.3. The fourth-order valence-corrected chi connectivity index (χ4v) is 3.29. The molecule has 2 amide bonds. The van der Waals surface area contributed by atoms with E-state index >= 15 is 0 Å². The maximum atomic E-state index is 13.2. The molecule has 0 saturated carbocycles. The Kier molecular flexibility index (Phi) is 7.30. The molecule has 3 aromatic carbocycles. The number of aryl methyl sites for hydroxylation is 1. The summed E-state index contributed by atoms with van der Waals surface area (Å²) in [4.78, 5) is 27.1. The molecule has 0 heterocycles. The van der Waals surface area contributed by atoms with Crippen LogP contribution in [0.1, 0.15) is 38.3 Å². The van der Waals surface area contributed by atoms with Crippen LogP contribution < -0.4 is 10.2 Å². The summed E-state index contributed by atoms with van der Waals surface area (Å²) in [5.41, 5.74) is 1.24. The fraction of sp³-hybridized carbons (Fsp3) is 0.200. The van der Waals surface area contributed by atoms with Gasteiger partial charge in [-0.05, 0) is 55.3 Å². The monoisotopic (exact) mass is 440 g/mol. The number of nitrogens with zero attached hydrogens (tertiary/aromatic N) is 1. The van der Waals surface area contributed by atoms with Gasteiger partial charge in [-0.1, -0.05) is 42.5 Å². The summed E-state index contributed by atoms with van der Waals surface area (Å²) in [6, 6.07) is 20.8. The lowest BCUT2D eigenvalue weighted by atomic mass is 10.1. The van der Waals surface area contributed by atoms with E-state index in [2.05, 4.69) is 5.32 Å². The van der Waals surface area contributed by atoms with Crippen LogP contribution in [0.3, 0.4) is 0 Å². The van der Waals surface area contributed by atoms with Gasteiger partial charge in [0.2, 0.25) is 0 Å². The van der Waals surface area contributed by atoms with Crippen LogP contribution in [0.25, 0.3) is 0 Å². The Morgan fingerprint density at radius 3 is 2.28 bits per heavy atom. The highest BCUT2D eigenvalue weighted by molar-refractivity contribution is 6.07. The molecule has 0 spiro atoms. The van der Waals surface area contributed by atoms with Crippen LogP contribution in [0, 0.1) is 6.92 Å². The summed E-state index contributed by atoms with van der Waals surface area (Å²) >= 11 is 0. The Morgan fingerprint density at radius 1 is 0.906 bits per heavy atom. The van der Waals surface area contributed by atoms with E-state index in [0.29, 0.717) is 18.5 Å². The maximum Gasteiger partial charge on any atom is 0.416 e. The summed E-state index contributed by atoms with van der Waals surface area (Å²) < 4.78 is 38.6. The smallest absolute Gasteiger partial charge is 0.352 e. The number of nitrogens with one attached hydrogen (secondary N) is 1. The van der Waals surface area contributed by atoms with Gasteiger partial charge in [-0.3, -0.25) is 9.59 Å². The number of amides is 2. The van der Waals surface area contributed by atoms with Gasteiger partial charge in [0.05, 0.1) is 5.56 Å². The highest BCUT2D eigenvalue weighted by atomic mass is 19.4. The Hall–Kier alpha value is -3.61. The van der Waals surface area contributed by atoms with Crippen LogP contribution in [0.5, 0.6) is 0 Å². The summed E-state index contributed by atoms with van der Waals surface area (Å²) in [7, 11) is 0. The van der Waals surface area contributed by atoms with Crippen molar-refractivity contribution < 1.29 is 22.8 Å². The van der Waals surface area contributed by atoms with E-state index in [1.54, 1.807) is 17.0 Å². The molecule has 32 heavy (non-hydrogen) atoms. The van der Waals surface area contributed by atoms with Crippen molar-refractivity contribution in [1.82, 2.24) is 5.32 Å². The molecular formula is C25H23F3N2O2. The Balaban J connectivity index is 1.65. The number of hydrogen-bond donors (Lipinski definition) is 1. The number of rotatable bonds is 7. The average molecular weight is 440 g/mol. The van der Waals surface area contributed by atoms with Crippen molar-refractivity contribution in [2.75, 3.05) is 18.0 Å². The molecule has 0 fully saturated rings. The first-order valence-electron chi connectivity index (χ1n) is 10.2. The predicted octanol–water partition coefficient (Wildman–Crippen LogP) is 5.48. The van der Waals surface area contributed by atoms with Crippen molar-refractivity contribution in [1.29, 1.82) is 0 Å². The maximum absolute atomic E-state index is 13.2. The first kappa shape index (κ1) is 23.1. The van der Waals surface area contributed by atoms with Gasteiger partial charge in [0, 0.05) is 29.9 Å². The third kappa shape index (κ3) is 5.75. The summed E-state index contributed by atoms with van der Waals surface area (Å²) in [5.74, 6) is -0.744. The Morgan fingerprint density at radius 2 is 1.59 bits per heavy atom. The molecule has 0 aliphatic carbocycles. The van der Waals surface area contributed by atoms with E-state index in [-0.39, 0.29) is 18.0 Å². The second kappa shape index (κ2) is 10.1. The number of carbonyl (C=O) groups excluding carboxylic acids is 2. The van der Waals surface area contributed by atoms with Gasteiger partial charge in [-0.2, -0.15) is 13.2 Å². The molecule has 3 aromatic rings. The van der Waals surface area contributed by atoms with Crippen molar-refractivity contribution in [3.05, 3.63) is 101 Å². The normalized spacial score (nSPS) is 11.1. The molecule has 0 saturated heterocycles. The number of para-hydroxylation sites is 1. The largest absolute Gasteiger partial charge is 0.416 e. The third-order valence-corrected chi connectivity index (χ3v) is 4.98. The zero-order valence-corrected chi connectivity index (χ0v) is 17.5. The van der Waals surface area contributed by atoms with E-state index in [9.17, 15) is 22.8 Å². The Bertz CT molecular complexity index is 1080. The van der Waals surface area contributed by atoms with Gasteiger partial charge in [-0.15, -0.1) is 0 Å². The van der Waals surface area contributed by atoms with E-state index < -0.39 is 17.6 Å². The molecule has 0 bridgehead atoms. The molecule has 7 heteroatoms. The number of anilines is 1. The van der Waals surface area contributed by atoms with E-state index in [1.807, 2.05) is 49.4 Å². The highest BCUT2D eigenvalue weighted by Gasteiger charge is 2.30. The molecule has 0 unspecified atom stereocenters. The molecule has 3 rings (SSSR count). The van der Waals surface area contributed by atoms with Gasteiger partial charge >= 0.3 is 6.18 Å². The Labute approximate surface area is 184 Å². The van der Waals surface area contributed by atoms with Crippen molar-refractivity contribution in [2.45, 2.75) is 19.5 Å². The minimum absolute atomic E-state index is 0.0595. The number of benzene rings is 3. The van der Waals surface area contributed by atoms with Crippen molar-refractivity contribution in [3.8, 4) is 0 Å². The minimum atomic E-state index is -4.51. The van der Waals surface area contributed by atoms with Gasteiger partial charge < -0.3 is 10.2 Å². The van der Waals surface area contributed by atoms with Crippen LogP contribution in [-0.2, 0) is 6.18 Å². The van der Waals surface area contributed by atoms with Gasteiger partial charge in [0.15, 0.2) is 0 Å². The molecule has 1 N–H and O–H groups in total. The SMILES string of the molecule is Cc1ccccc1C(=O)N(CCCNC(=O)c1cccc(C(F)(F)F)c1)c1ccccc1. The van der Waals surface area contributed by atoms with Gasteiger partial charge in [0.1, 0.15) is 0 Å². The second-order valence-electron chi connectivity index (χ2n) is 7.30.